The number of thiophene rings is 1. The Labute approximate surface area is 149 Å². The third-order valence-corrected chi connectivity index (χ3v) is 4.68. The van der Waals surface area contributed by atoms with Crippen LogP contribution in [0, 0.1) is 0 Å². The zero-order chi connectivity index (χ0) is 16.9. The number of carbonyl (C=O) groups excluding carboxylic acids is 1. The molecule has 0 aliphatic heterocycles. The van der Waals surface area contributed by atoms with Gasteiger partial charge in [-0.25, -0.2) is 0 Å². The molecule has 2 aromatic heterocycles. The van der Waals surface area contributed by atoms with E-state index in [1.165, 1.54) is 11.3 Å². The number of hydrogen-bond acceptors (Lipinski definition) is 4. The normalized spacial score (nSPS) is 11.1. The highest BCUT2D eigenvalue weighted by atomic mass is 35.5. The van der Waals surface area contributed by atoms with Crippen LogP contribution in [0.25, 0.3) is 6.08 Å². The Hall–Kier alpha value is -2.37. The summed E-state index contributed by atoms with van der Waals surface area (Å²) in [5, 5.41) is 4.21. The molecule has 0 saturated carbocycles. The quantitative estimate of drug-likeness (QED) is 0.479. The van der Waals surface area contributed by atoms with Gasteiger partial charge in [-0.2, -0.15) is 5.10 Å². The van der Waals surface area contributed by atoms with Crippen LogP contribution in [0.5, 0.6) is 5.75 Å². The summed E-state index contributed by atoms with van der Waals surface area (Å²) >= 11 is 7.14. The van der Waals surface area contributed by atoms with Gasteiger partial charge in [-0.05, 0) is 42.0 Å². The van der Waals surface area contributed by atoms with Gasteiger partial charge in [0.25, 0.3) is 0 Å². The van der Waals surface area contributed by atoms with E-state index in [0.29, 0.717) is 15.8 Å². The number of aromatic nitrogens is 2. The Balaban J connectivity index is 1.80. The van der Waals surface area contributed by atoms with Crippen molar-refractivity contribution >= 4 is 34.8 Å². The van der Waals surface area contributed by atoms with Gasteiger partial charge >= 0.3 is 0 Å². The predicted molar refractivity (Wildman–Crippen MR) is 97.0 cm³/mol. The van der Waals surface area contributed by atoms with Crippen molar-refractivity contribution in [2.45, 2.75) is 6.54 Å². The number of nitrogens with zero attached hydrogens (tertiary/aromatic N) is 2. The van der Waals surface area contributed by atoms with Crippen LogP contribution in [0.15, 0.2) is 54.9 Å². The molecule has 0 aliphatic rings. The summed E-state index contributed by atoms with van der Waals surface area (Å²) in [6, 6.07) is 11.1. The van der Waals surface area contributed by atoms with Gasteiger partial charge in [-0.15, -0.1) is 11.3 Å². The molecule has 0 atom stereocenters. The van der Waals surface area contributed by atoms with Crippen molar-refractivity contribution in [3.8, 4) is 5.75 Å². The Kier molecular flexibility index (Phi) is 5.13. The number of hydrogen-bond donors (Lipinski definition) is 0. The van der Waals surface area contributed by atoms with Crippen LogP contribution in [0.1, 0.15) is 20.8 Å². The van der Waals surface area contributed by atoms with Gasteiger partial charge in [0, 0.05) is 18.0 Å². The number of halogens is 1. The van der Waals surface area contributed by atoms with Crippen molar-refractivity contribution in [1.29, 1.82) is 0 Å². The molecule has 0 amide bonds. The fourth-order valence-electron chi connectivity index (χ4n) is 2.30. The minimum Gasteiger partial charge on any atom is -0.496 e. The number of rotatable bonds is 6. The summed E-state index contributed by atoms with van der Waals surface area (Å²) in [6.45, 7) is 0.604. The average Bonchev–Trinajstić information content (AvgIpc) is 3.24. The molecule has 6 heteroatoms. The number of ketones is 1. The lowest BCUT2D eigenvalue weighted by Crippen LogP contribution is -2.02. The van der Waals surface area contributed by atoms with Crippen LogP contribution >= 0.6 is 22.9 Å². The average molecular weight is 359 g/mol. The van der Waals surface area contributed by atoms with Gasteiger partial charge in [0.1, 0.15) is 5.75 Å². The monoisotopic (exact) mass is 358 g/mol. The lowest BCUT2D eigenvalue weighted by atomic mass is 10.1. The van der Waals surface area contributed by atoms with Gasteiger partial charge in [-0.3, -0.25) is 9.48 Å². The third-order valence-electron chi connectivity index (χ3n) is 3.44. The maximum absolute atomic E-state index is 12.1. The van der Waals surface area contributed by atoms with E-state index in [2.05, 4.69) is 5.10 Å². The maximum Gasteiger partial charge on any atom is 0.195 e. The highest BCUT2D eigenvalue weighted by molar-refractivity contribution is 7.18. The van der Waals surface area contributed by atoms with E-state index < -0.39 is 0 Å². The van der Waals surface area contributed by atoms with Gasteiger partial charge in [0.05, 0.1) is 22.9 Å². The summed E-state index contributed by atoms with van der Waals surface area (Å²) in [5.41, 5.74) is 1.92. The summed E-state index contributed by atoms with van der Waals surface area (Å²) in [5.74, 6) is 0.732. The molecule has 1 aromatic carbocycles. The van der Waals surface area contributed by atoms with Crippen LogP contribution in [0.2, 0.25) is 4.34 Å². The standard InChI is InChI=1S/C18H15ClN2O2S/c1-23-16-6-4-13(11-14(16)12-21-10-2-9-20-21)3-5-15(22)17-7-8-18(19)24-17/h2-11H,12H2,1H3/b5-3+. The number of methoxy groups -OCH3 is 1. The van der Waals surface area contributed by atoms with E-state index in [0.717, 1.165) is 16.9 Å². The number of carbonyl (C=O) groups is 1. The lowest BCUT2D eigenvalue weighted by molar-refractivity contribution is 0.105. The number of benzene rings is 1. The molecule has 0 radical (unpaired) electrons. The van der Waals surface area contributed by atoms with Crippen molar-refractivity contribution in [2.75, 3.05) is 7.11 Å². The van der Waals surface area contributed by atoms with Crippen molar-refractivity contribution in [3.63, 3.8) is 0 Å². The molecular weight excluding hydrogens is 344 g/mol. The Morgan fingerprint density at radius 1 is 1.38 bits per heavy atom. The molecular formula is C18H15ClN2O2S. The van der Waals surface area contributed by atoms with Crippen molar-refractivity contribution in [2.24, 2.45) is 0 Å². The first-order chi connectivity index (χ1) is 11.7. The zero-order valence-electron chi connectivity index (χ0n) is 13.0. The molecule has 0 unspecified atom stereocenters. The van der Waals surface area contributed by atoms with E-state index in [9.17, 15) is 4.79 Å². The molecule has 0 bridgehead atoms. The Bertz CT molecular complexity index is 869. The fourth-order valence-corrected chi connectivity index (χ4v) is 3.26. The summed E-state index contributed by atoms with van der Waals surface area (Å²) < 4.78 is 7.83. The molecule has 3 rings (SSSR count). The van der Waals surface area contributed by atoms with Gasteiger partial charge in [-0.1, -0.05) is 23.7 Å². The first kappa shape index (κ1) is 16.5. The molecule has 24 heavy (non-hydrogen) atoms. The van der Waals surface area contributed by atoms with Gasteiger partial charge in [0.2, 0.25) is 0 Å². The first-order valence-corrected chi connectivity index (χ1v) is 8.47. The van der Waals surface area contributed by atoms with Gasteiger partial charge < -0.3 is 4.74 Å². The van der Waals surface area contributed by atoms with E-state index in [1.54, 1.807) is 37.6 Å². The molecule has 0 aliphatic carbocycles. The minimum atomic E-state index is -0.0589. The zero-order valence-corrected chi connectivity index (χ0v) is 14.6. The summed E-state index contributed by atoms with van der Waals surface area (Å²) in [7, 11) is 1.64. The molecule has 122 valence electrons. The molecule has 0 fully saturated rings. The SMILES string of the molecule is COc1ccc(/C=C/C(=O)c2ccc(Cl)s2)cc1Cn1cccn1. The molecule has 0 N–H and O–H groups in total. The van der Waals surface area contributed by atoms with Crippen molar-refractivity contribution in [3.05, 3.63) is 75.2 Å². The molecule has 0 saturated heterocycles. The fraction of sp³-hybridized carbons (Fsp3) is 0.111. The Morgan fingerprint density at radius 2 is 2.25 bits per heavy atom. The maximum atomic E-state index is 12.1. The molecule has 0 spiro atoms. The largest absolute Gasteiger partial charge is 0.496 e. The van der Waals surface area contributed by atoms with E-state index >= 15 is 0 Å². The Morgan fingerprint density at radius 3 is 2.92 bits per heavy atom. The third kappa shape index (κ3) is 3.93. The van der Waals surface area contributed by atoms with Crippen molar-refractivity contribution < 1.29 is 9.53 Å². The highest BCUT2D eigenvalue weighted by Gasteiger charge is 2.07. The molecule has 3 aromatic rings. The predicted octanol–water partition coefficient (Wildman–Crippen LogP) is 4.55. The topological polar surface area (TPSA) is 44.1 Å². The second kappa shape index (κ2) is 7.47. The second-order valence-electron chi connectivity index (χ2n) is 5.08. The van der Waals surface area contributed by atoms with E-state index in [1.807, 2.05) is 35.1 Å². The smallest absolute Gasteiger partial charge is 0.195 e. The molecule has 2 heterocycles. The second-order valence-corrected chi connectivity index (χ2v) is 6.79. The molecule has 4 nitrogen and oxygen atoms in total. The van der Waals surface area contributed by atoms with Crippen LogP contribution in [-0.2, 0) is 6.54 Å². The van der Waals surface area contributed by atoms with E-state index in [4.69, 9.17) is 16.3 Å². The summed E-state index contributed by atoms with van der Waals surface area (Å²) in [6.07, 6.45) is 6.98. The minimum absolute atomic E-state index is 0.0589. The summed E-state index contributed by atoms with van der Waals surface area (Å²) in [4.78, 5) is 12.7. The van der Waals surface area contributed by atoms with Crippen LogP contribution in [0.4, 0.5) is 0 Å². The number of allylic oxidation sites excluding steroid dienone is 1. The van der Waals surface area contributed by atoms with E-state index in [-0.39, 0.29) is 5.78 Å². The first-order valence-electron chi connectivity index (χ1n) is 7.28. The van der Waals surface area contributed by atoms with Crippen LogP contribution < -0.4 is 4.74 Å². The van der Waals surface area contributed by atoms with Gasteiger partial charge in [0.15, 0.2) is 5.78 Å². The van der Waals surface area contributed by atoms with Crippen LogP contribution in [-0.4, -0.2) is 22.7 Å². The van der Waals surface area contributed by atoms with Crippen molar-refractivity contribution in [1.82, 2.24) is 9.78 Å². The highest BCUT2D eigenvalue weighted by Crippen LogP contribution is 2.24. The number of ether oxygens (including phenoxy) is 1. The van der Waals surface area contributed by atoms with Crippen LogP contribution in [0.3, 0.4) is 0 Å². The lowest BCUT2D eigenvalue weighted by Gasteiger charge is -2.09.